The van der Waals surface area contributed by atoms with Gasteiger partial charge in [0.2, 0.25) is 0 Å². The maximum Gasteiger partial charge on any atom is 0.311 e. The summed E-state index contributed by atoms with van der Waals surface area (Å²) in [6.45, 7) is 14.6. The van der Waals surface area contributed by atoms with Gasteiger partial charge in [-0.25, -0.2) is 0 Å². The smallest absolute Gasteiger partial charge is 0.311 e. The molecule has 0 aliphatic heterocycles. The molecule has 0 heterocycles. The van der Waals surface area contributed by atoms with Gasteiger partial charge in [-0.05, 0) is 74.2 Å². The molecule has 0 atom stereocenters. The average Bonchev–Trinajstić information content (AvgIpc) is 2.83. The molecule has 6 heteroatoms. The Morgan fingerprint density at radius 2 is 1.53 bits per heavy atom. The van der Waals surface area contributed by atoms with Crippen LogP contribution in [-0.2, 0) is 9.53 Å². The molecule has 34 heavy (non-hydrogen) atoms. The molecule has 2 rings (SSSR count). The van der Waals surface area contributed by atoms with Gasteiger partial charge in [-0.15, -0.1) is 0 Å². The first-order valence-corrected chi connectivity index (χ1v) is 11.8. The van der Waals surface area contributed by atoms with Gasteiger partial charge >= 0.3 is 5.97 Å². The lowest BCUT2D eigenvalue weighted by Crippen LogP contribution is -2.32. The van der Waals surface area contributed by atoms with E-state index < -0.39 is 5.41 Å². The monoisotopic (exact) mass is 466 g/mol. The van der Waals surface area contributed by atoms with Crippen molar-refractivity contribution in [3.05, 3.63) is 59.7 Å². The number of amides is 1. The highest BCUT2D eigenvalue weighted by Crippen LogP contribution is 2.36. The summed E-state index contributed by atoms with van der Waals surface area (Å²) in [7, 11) is 0. The minimum absolute atomic E-state index is 0.0765. The fraction of sp³-hybridized carbons (Fsp3) is 0.464. The molecular weight excluding hydrogens is 428 g/mol. The van der Waals surface area contributed by atoms with E-state index in [1.165, 1.54) is 0 Å². The van der Waals surface area contributed by atoms with Crippen LogP contribution < -0.4 is 10.1 Å². The predicted molar refractivity (Wildman–Crippen MR) is 136 cm³/mol. The van der Waals surface area contributed by atoms with Crippen molar-refractivity contribution in [2.24, 2.45) is 10.8 Å². The molecule has 184 valence electrons. The van der Waals surface area contributed by atoms with Crippen LogP contribution in [0.25, 0.3) is 0 Å². The highest BCUT2D eigenvalue weighted by molar-refractivity contribution is 6.04. The van der Waals surface area contributed by atoms with Crippen molar-refractivity contribution in [3.8, 4) is 11.8 Å². The van der Waals surface area contributed by atoms with Crippen LogP contribution in [0.5, 0.6) is 5.75 Å². The molecule has 0 aromatic heterocycles. The molecule has 0 unspecified atom stereocenters. The third-order valence-electron chi connectivity index (χ3n) is 5.40. The summed E-state index contributed by atoms with van der Waals surface area (Å²) < 4.78 is 11.0. The number of hydrogen-bond donors (Lipinski definition) is 1. The number of anilines is 1. The van der Waals surface area contributed by atoms with Crippen LogP contribution in [0.15, 0.2) is 48.5 Å². The topological polar surface area (TPSA) is 88.4 Å². The Balaban J connectivity index is 0.00000281. The number of hydrogen-bond acceptors (Lipinski definition) is 5. The second kappa shape index (κ2) is 13.4. The normalized spacial score (nSPS) is 10.9. The Morgan fingerprint density at radius 3 is 2.06 bits per heavy atom. The van der Waals surface area contributed by atoms with Crippen molar-refractivity contribution < 1.29 is 19.1 Å². The number of nitriles is 1. The van der Waals surface area contributed by atoms with Gasteiger partial charge in [0.15, 0.2) is 0 Å². The zero-order chi connectivity index (χ0) is 25.8. The van der Waals surface area contributed by atoms with Gasteiger partial charge in [0.05, 0.1) is 17.0 Å². The molecule has 0 fully saturated rings. The van der Waals surface area contributed by atoms with Crippen LogP contribution in [-0.4, -0.2) is 25.1 Å². The van der Waals surface area contributed by atoms with Gasteiger partial charge in [0.25, 0.3) is 5.91 Å². The third-order valence-corrected chi connectivity index (χ3v) is 5.40. The van der Waals surface area contributed by atoms with Crippen LogP contribution in [0.4, 0.5) is 5.69 Å². The number of esters is 1. The SMILES string of the molecule is CC.CCC(C)(C)CC(C)(C)C(=O)OCCOc1ccc(C(=O)Nc2ccc(C#N)cc2)cc1. The lowest BCUT2D eigenvalue weighted by atomic mass is 9.74. The van der Waals surface area contributed by atoms with E-state index >= 15 is 0 Å². The molecule has 0 radical (unpaired) electrons. The van der Waals surface area contributed by atoms with Crippen molar-refractivity contribution in [2.75, 3.05) is 18.5 Å². The molecule has 0 saturated heterocycles. The predicted octanol–water partition coefficient (Wildman–Crippen LogP) is 6.61. The molecule has 0 aliphatic carbocycles. The number of carbonyl (C=O) groups excluding carboxylic acids is 2. The summed E-state index contributed by atoms with van der Waals surface area (Å²) in [4.78, 5) is 24.8. The van der Waals surface area contributed by atoms with Gasteiger partial charge < -0.3 is 14.8 Å². The summed E-state index contributed by atoms with van der Waals surface area (Å²) >= 11 is 0. The van der Waals surface area contributed by atoms with Crippen LogP contribution in [0.2, 0.25) is 0 Å². The Kier molecular flexibility index (Phi) is 11.3. The van der Waals surface area contributed by atoms with E-state index in [0.29, 0.717) is 22.6 Å². The van der Waals surface area contributed by atoms with E-state index in [9.17, 15) is 9.59 Å². The molecule has 1 amide bonds. The summed E-state index contributed by atoms with van der Waals surface area (Å²) in [5, 5.41) is 11.6. The number of carbonyl (C=O) groups is 2. The van der Waals surface area contributed by atoms with Crippen molar-refractivity contribution >= 4 is 17.6 Å². The van der Waals surface area contributed by atoms with Crippen molar-refractivity contribution in [2.45, 2.75) is 61.3 Å². The van der Waals surface area contributed by atoms with Gasteiger partial charge in [-0.3, -0.25) is 9.59 Å². The fourth-order valence-corrected chi connectivity index (χ4v) is 3.42. The first kappa shape index (κ1) is 28.7. The standard InChI is InChI=1S/C26H32N2O4.C2H6/c1-6-25(2,3)18-26(4,5)24(30)32-16-15-31-22-13-9-20(10-14-22)23(29)28-21-11-7-19(17-27)8-12-21;1-2/h7-14H,6,15-16,18H2,1-5H3,(H,28,29);1-2H3. The number of benzene rings is 2. The summed E-state index contributed by atoms with van der Waals surface area (Å²) in [6, 6.07) is 15.4. The number of nitrogens with zero attached hydrogens (tertiary/aromatic N) is 1. The molecule has 0 bridgehead atoms. The molecule has 1 N–H and O–H groups in total. The van der Waals surface area contributed by atoms with Gasteiger partial charge in [0.1, 0.15) is 19.0 Å². The van der Waals surface area contributed by atoms with Gasteiger partial charge in [0, 0.05) is 11.3 Å². The Hall–Kier alpha value is -3.33. The first-order valence-electron chi connectivity index (χ1n) is 11.8. The van der Waals surface area contributed by atoms with Crippen LogP contribution in [0.3, 0.4) is 0 Å². The number of ether oxygens (including phenoxy) is 2. The minimum atomic E-state index is -0.552. The molecule has 2 aromatic rings. The van der Waals surface area contributed by atoms with Crippen molar-refractivity contribution in [3.63, 3.8) is 0 Å². The van der Waals surface area contributed by atoms with Crippen LogP contribution in [0.1, 0.15) is 77.2 Å². The zero-order valence-electron chi connectivity index (χ0n) is 21.5. The van der Waals surface area contributed by atoms with E-state index in [4.69, 9.17) is 14.7 Å². The fourth-order valence-electron chi connectivity index (χ4n) is 3.42. The molecule has 0 saturated carbocycles. The highest BCUT2D eigenvalue weighted by atomic mass is 16.6. The van der Waals surface area contributed by atoms with Crippen LogP contribution in [0, 0.1) is 22.2 Å². The third kappa shape index (κ3) is 9.27. The van der Waals surface area contributed by atoms with Crippen LogP contribution >= 0.6 is 0 Å². The van der Waals surface area contributed by atoms with E-state index in [1.807, 2.05) is 33.8 Å². The molecular formula is C28H38N2O4. The van der Waals surface area contributed by atoms with Gasteiger partial charge in [-0.2, -0.15) is 5.26 Å². The summed E-state index contributed by atoms with van der Waals surface area (Å²) in [6.07, 6.45) is 1.75. The quantitative estimate of drug-likeness (QED) is 0.314. The Bertz CT molecular complexity index is 955. The lowest BCUT2D eigenvalue weighted by molar-refractivity contribution is -0.156. The highest BCUT2D eigenvalue weighted by Gasteiger charge is 2.35. The largest absolute Gasteiger partial charge is 0.490 e. The summed E-state index contributed by atoms with van der Waals surface area (Å²) in [5.74, 6) is 0.104. The molecule has 0 aliphatic rings. The minimum Gasteiger partial charge on any atom is -0.490 e. The van der Waals surface area contributed by atoms with E-state index in [-0.39, 0.29) is 30.5 Å². The van der Waals surface area contributed by atoms with Crippen molar-refractivity contribution in [1.29, 1.82) is 5.26 Å². The second-order valence-corrected chi connectivity index (χ2v) is 9.23. The number of rotatable bonds is 10. The lowest BCUT2D eigenvalue weighted by Gasteiger charge is -2.32. The van der Waals surface area contributed by atoms with Gasteiger partial charge in [-0.1, -0.05) is 41.0 Å². The maximum absolute atomic E-state index is 12.4. The molecule has 2 aromatic carbocycles. The second-order valence-electron chi connectivity index (χ2n) is 9.23. The number of nitrogens with one attached hydrogen (secondary N) is 1. The van der Waals surface area contributed by atoms with E-state index in [2.05, 4.69) is 26.1 Å². The Morgan fingerprint density at radius 1 is 0.941 bits per heavy atom. The van der Waals surface area contributed by atoms with E-state index in [1.54, 1.807) is 48.5 Å². The summed E-state index contributed by atoms with van der Waals surface area (Å²) in [5.41, 5.74) is 1.15. The maximum atomic E-state index is 12.4. The Labute approximate surface area is 204 Å². The zero-order valence-corrected chi connectivity index (χ0v) is 21.5. The average molecular weight is 467 g/mol. The van der Waals surface area contributed by atoms with E-state index in [0.717, 1.165) is 12.8 Å². The van der Waals surface area contributed by atoms with Crippen molar-refractivity contribution in [1.82, 2.24) is 0 Å². The molecule has 0 spiro atoms. The molecule has 6 nitrogen and oxygen atoms in total. The first-order chi connectivity index (χ1) is 16.1.